The second-order valence-corrected chi connectivity index (χ2v) is 19.3. The number of amides is 6. The van der Waals surface area contributed by atoms with Crippen LogP contribution in [0.2, 0.25) is 5.02 Å². The van der Waals surface area contributed by atoms with E-state index in [4.69, 9.17) is 28.8 Å². The molecule has 0 aromatic heterocycles. The smallest absolute Gasteiger partial charge is 0.243 e. The van der Waals surface area contributed by atoms with E-state index in [0.29, 0.717) is 54.0 Å². The molecule has 2 aliphatic rings. The van der Waals surface area contributed by atoms with E-state index < -0.39 is 108 Å². The quantitative estimate of drug-likeness (QED) is 0.0715. The first-order valence-corrected chi connectivity index (χ1v) is 24.5. The van der Waals surface area contributed by atoms with Crippen LogP contribution in [-0.4, -0.2) is 124 Å². The minimum Gasteiger partial charge on any atom is -0.394 e. The van der Waals surface area contributed by atoms with Crippen LogP contribution in [0.25, 0.3) is 0 Å². The number of ketones is 2. The fourth-order valence-electron chi connectivity index (χ4n) is 8.18. The van der Waals surface area contributed by atoms with E-state index >= 15 is 0 Å². The molecule has 2 fully saturated rings. The Hall–Kier alpha value is -5.60. The van der Waals surface area contributed by atoms with Crippen LogP contribution < -0.4 is 38.5 Å². The molecule has 2 aliphatic heterocycles. The van der Waals surface area contributed by atoms with Gasteiger partial charge in [-0.05, 0) is 85.6 Å². The molecule has 6 amide bonds. The topological polar surface area (TPSA) is 299 Å². The van der Waals surface area contributed by atoms with Crippen molar-refractivity contribution in [2.24, 2.45) is 39.9 Å². The van der Waals surface area contributed by atoms with Gasteiger partial charge in [0.1, 0.15) is 29.7 Å². The summed E-state index contributed by atoms with van der Waals surface area (Å²) in [5.41, 5.74) is 17.6. The van der Waals surface area contributed by atoms with Gasteiger partial charge in [0.05, 0.1) is 31.0 Å². The zero-order valence-electron chi connectivity index (χ0n) is 38.6. The number of Topliss-reactive ketones (excluding diaryl/α,β-unsaturated/α-hetero) is 2. The molecule has 0 aliphatic carbocycles. The summed E-state index contributed by atoms with van der Waals surface area (Å²) in [7, 11) is 0. The number of carbonyl (C=O) groups is 8. The van der Waals surface area contributed by atoms with Gasteiger partial charge in [-0.25, -0.2) is 4.39 Å². The molecule has 11 N–H and O–H groups in total. The third-order valence-corrected chi connectivity index (χ3v) is 13.3. The van der Waals surface area contributed by atoms with Crippen molar-refractivity contribution in [3.8, 4) is 0 Å². The number of thioether (sulfide) groups is 1. The summed E-state index contributed by atoms with van der Waals surface area (Å²) in [6.07, 6.45) is 0.804. The summed E-state index contributed by atoms with van der Waals surface area (Å²) in [6.45, 7) is 3.40. The number of halogens is 2. The highest BCUT2D eigenvalue weighted by atomic mass is 35.5. The molecule has 2 aromatic rings. The van der Waals surface area contributed by atoms with Crippen LogP contribution in [0.5, 0.6) is 0 Å². The van der Waals surface area contributed by atoms with Crippen LogP contribution in [0.4, 0.5) is 4.39 Å². The first-order valence-electron chi connectivity index (χ1n) is 22.9. The number of aliphatic hydroxyl groups is 1. The van der Waals surface area contributed by atoms with Crippen molar-refractivity contribution in [1.29, 1.82) is 0 Å². The maximum Gasteiger partial charge on any atom is 0.243 e. The molecular formula is C47H65ClFN9O9S. The molecule has 0 unspecified atom stereocenters. The molecule has 2 saturated heterocycles. The first-order chi connectivity index (χ1) is 32.3. The molecule has 0 bridgehead atoms. The highest BCUT2D eigenvalue weighted by Crippen LogP contribution is 2.26. The van der Waals surface area contributed by atoms with E-state index in [1.54, 1.807) is 38.1 Å². The number of nitrogens with two attached hydrogens (primary N) is 3. The van der Waals surface area contributed by atoms with Crippen molar-refractivity contribution < 1.29 is 47.9 Å². The number of hydrogen-bond acceptors (Lipinski definition) is 11. The van der Waals surface area contributed by atoms with Gasteiger partial charge in [0.2, 0.25) is 35.4 Å². The van der Waals surface area contributed by atoms with Gasteiger partial charge in [0, 0.05) is 55.5 Å². The molecule has 372 valence electrons. The van der Waals surface area contributed by atoms with Gasteiger partial charge < -0.3 is 48.5 Å². The number of likely N-dealkylation sites (tertiary alicyclic amines) is 1. The number of nitrogens with one attached hydrogen (secondary N) is 4. The van der Waals surface area contributed by atoms with E-state index in [1.807, 2.05) is 0 Å². The number of carbonyl (C=O) groups excluding carboxylic acids is 8. The van der Waals surface area contributed by atoms with Crippen LogP contribution in [0.1, 0.15) is 82.8 Å². The molecule has 18 nitrogen and oxygen atoms in total. The Morgan fingerprint density at radius 2 is 1.56 bits per heavy atom. The number of aliphatic hydroxyl groups excluding tert-OH is 1. The van der Waals surface area contributed by atoms with Gasteiger partial charge in [0.25, 0.3) is 0 Å². The minimum absolute atomic E-state index is 0.0730. The third-order valence-electron chi connectivity index (χ3n) is 11.9. The number of aliphatic imine (C=N–C) groups is 1. The Kier molecular flexibility index (Phi) is 22.2. The normalized spacial score (nSPS) is 23.2. The number of primary amides is 1. The summed E-state index contributed by atoms with van der Waals surface area (Å²) in [5.74, 6) is -7.80. The standard InChI is InChI=1S/C47H65ClFN9O9S/c1-27(2)41-45(66)55-36(24-40(50)62)39(61)23-31(46(67)58-18-4-8-38(58)44(65)54-34(25-59)6-3-17-53-47(51)52)26-68-19-5-7-35(60)22-30(20-28-9-13-32(48)14-10-28)42(63)56-37(43(64)57-41)21-29-11-15-33(49)16-12-29/h9-16,27,30-31,34,36-38,41,59H,3-8,17-26H2,1-2H3,(H2,50,62)(H,54,65)(H,55,66)(H,56,63)(H,57,64)(H4,51,52,53)/t30-,31+,34-,36+,37+,38+,41+/m1/s1. The monoisotopic (exact) mass is 985 g/mol. The molecule has 0 spiro atoms. The van der Waals surface area contributed by atoms with E-state index in [-0.39, 0.29) is 62.9 Å². The average Bonchev–Trinajstić information content (AvgIpc) is 3.79. The van der Waals surface area contributed by atoms with Crippen molar-refractivity contribution in [1.82, 2.24) is 26.2 Å². The molecular weight excluding hydrogens is 921 g/mol. The summed E-state index contributed by atoms with van der Waals surface area (Å²) in [5, 5.41) is 21.4. The van der Waals surface area contributed by atoms with E-state index in [0.717, 1.165) is 0 Å². The summed E-state index contributed by atoms with van der Waals surface area (Å²) in [4.78, 5) is 116. The van der Waals surface area contributed by atoms with E-state index in [1.165, 1.54) is 40.9 Å². The second kappa shape index (κ2) is 27.4. The van der Waals surface area contributed by atoms with Crippen LogP contribution in [0.15, 0.2) is 53.5 Å². The Balaban J connectivity index is 1.65. The highest BCUT2D eigenvalue weighted by Gasteiger charge is 2.40. The molecule has 2 aromatic carbocycles. The maximum atomic E-state index is 14.5. The summed E-state index contributed by atoms with van der Waals surface area (Å²) < 4.78 is 13.9. The molecule has 0 radical (unpaired) electrons. The van der Waals surface area contributed by atoms with Crippen LogP contribution >= 0.6 is 23.4 Å². The van der Waals surface area contributed by atoms with E-state index in [9.17, 15) is 47.9 Å². The van der Waals surface area contributed by atoms with Gasteiger partial charge in [0.15, 0.2) is 11.7 Å². The van der Waals surface area contributed by atoms with Gasteiger partial charge in [-0.15, -0.1) is 0 Å². The molecule has 4 rings (SSSR count). The van der Waals surface area contributed by atoms with Crippen molar-refractivity contribution >= 4 is 76.3 Å². The maximum absolute atomic E-state index is 14.5. The lowest BCUT2D eigenvalue weighted by Crippen LogP contribution is -2.58. The van der Waals surface area contributed by atoms with Crippen LogP contribution in [0, 0.1) is 23.6 Å². The Bertz CT molecular complexity index is 2110. The SMILES string of the molecule is CC(C)[C@@H]1NC(=O)[C@H](Cc2ccc(F)cc2)NC(=O)[C@H](Cc2ccc(Cl)cc2)CC(=O)CCCSC[C@@H](C(=O)N2CCC[C@H]2C(=O)N[C@@H](CO)CCCN=C(N)N)CC(=O)[C@H](CC(N)=O)NC1=O. The van der Waals surface area contributed by atoms with Crippen LogP contribution in [-0.2, 0) is 51.2 Å². The Morgan fingerprint density at radius 1 is 0.897 bits per heavy atom. The van der Waals surface area contributed by atoms with Crippen LogP contribution in [0.3, 0.4) is 0 Å². The van der Waals surface area contributed by atoms with Crippen molar-refractivity contribution in [2.75, 3.05) is 31.2 Å². The molecule has 21 heteroatoms. The van der Waals surface area contributed by atoms with Crippen molar-refractivity contribution in [2.45, 2.75) is 115 Å². The van der Waals surface area contributed by atoms with Gasteiger partial charge >= 0.3 is 0 Å². The predicted molar refractivity (Wildman–Crippen MR) is 256 cm³/mol. The van der Waals surface area contributed by atoms with Crippen molar-refractivity contribution in [3.63, 3.8) is 0 Å². The number of benzene rings is 2. The molecule has 2 heterocycles. The largest absolute Gasteiger partial charge is 0.394 e. The average molecular weight is 987 g/mol. The number of hydrogen-bond donors (Lipinski definition) is 8. The minimum atomic E-state index is -1.51. The highest BCUT2D eigenvalue weighted by molar-refractivity contribution is 7.99. The number of guanidine groups is 1. The van der Waals surface area contributed by atoms with E-state index in [2.05, 4.69) is 26.3 Å². The zero-order valence-corrected chi connectivity index (χ0v) is 40.1. The van der Waals surface area contributed by atoms with Crippen molar-refractivity contribution in [3.05, 3.63) is 70.5 Å². The summed E-state index contributed by atoms with van der Waals surface area (Å²) in [6, 6.07) is 6.41. The van der Waals surface area contributed by atoms with Gasteiger partial charge in [-0.1, -0.05) is 49.7 Å². The van der Waals surface area contributed by atoms with Gasteiger partial charge in [-0.3, -0.25) is 43.3 Å². The second-order valence-electron chi connectivity index (χ2n) is 17.7. The summed E-state index contributed by atoms with van der Waals surface area (Å²) >= 11 is 7.44. The molecule has 0 saturated carbocycles. The molecule has 7 atom stereocenters. The number of nitrogens with zero attached hydrogens (tertiary/aromatic N) is 2. The molecule has 68 heavy (non-hydrogen) atoms. The third kappa shape index (κ3) is 17.8. The fraction of sp³-hybridized carbons (Fsp3) is 0.553. The first kappa shape index (κ1) is 55.0. The Morgan fingerprint density at radius 3 is 2.21 bits per heavy atom. The predicted octanol–water partition coefficient (Wildman–Crippen LogP) is 1.45. The zero-order chi connectivity index (χ0) is 49.9. The lowest BCUT2D eigenvalue weighted by Gasteiger charge is -2.30. The van der Waals surface area contributed by atoms with Gasteiger partial charge in [-0.2, -0.15) is 11.8 Å². The fourth-order valence-corrected chi connectivity index (χ4v) is 9.37. The lowest BCUT2D eigenvalue weighted by atomic mass is 9.91. The Labute approximate surface area is 405 Å². The number of rotatable bonds is 15. The lowest BCUT2D eigenvalue weighted by molar-refractivity contribution is -0.143.